The van der Waals surface area contributed by atoms with E-state index in [-0.39, 0.29) is 17.7 Å². The van der Waals surface area contributed by atoms with Gasteiger partial charge in [-0.05, 0) is 42.5 Å². The van der Waals surface area contributed by atoms with Crippen molar-refractivity contribution < 1.29 is 14.6 Å². The number of aromatic hydroxyl groups is 1. The predicted octanol–water partition coefficient (Wildman–Crippen LogP) is 4.88. The quantitative estimate of drug-likeness (QED) is 0.510. The van der Waals surface area contributed by atoms with E-state index < -0.39 is 0 Å². The third kappa shape index (κ3) is 3.95. The molecule has 2 heterocycles. The molecule has 0 bridgehead atoms. The van der Waals surface area contributed by atoms with Gasteiger partial charge in [0.15, 0.2) is 0 Å². The summed E-state index contributed by atoms with van der Waals surface area (Å²) in [5, 5.41) is 17.8. The number of amides is 1. The maximum atomic E-state index is 13.3. The van der Waals surface area contributed by atoms with Gasteiger partial charge < -0.3 is 14.7 Å². The second-order valence-corrected chi connectivity index (χ2v) is 8.15. The van der Waals surface area contributed by atoms with Crippen LogP contribution in [0.3, 0.4) is 0 Å². The van der Waals surface area contributed by atoms with Gasteiger partial charge in [-0.2, -0.15) is 5.10 Å². The molecule has 31 heavy (non-hydrogen) atoms. The lowest BCUT2D eigenvalue weighted by Gasteiger charge is -2.26. The minimum atomic E-state index is -0.265. The summed E-state index contributed by atoms with van der Waals surface area (Å²) in [7, 11) is 0. The fraction of sp³-hybridized carbons (Fsp3) is 0.360. The van der Waals surface area contributed by atoms with Crippen molar-refractivity contribution in [1.29, 1.82) is 0 Å². The third-order valence-corrected chi connectivity index (χ3v) is 5.83. The molecule has 1 aliphatic rings. The van der Waals surface area contributed by atoms with Crippen molar-refractivity contribution in [3.05, 3.63) is 70.9 Å². The van der Waals surface area contributed by atoms with E-state index in [1.807, 2.05) is 24.0 Å². The number of fused-ring (bicyclic) bond motifs is 1. The van der Waals surface area contributed by atoms with E-state index in [4.69, 9.17) is 4.74 Å². The van der Waals surface area contributed by atoms with Gasteiger partial charge in [0.2, 0.25) is 0 Å². The zero-order valence-electron chi connectivity index (χ0n) is 18.3. The van der Waals surface area contributed by atoms with Gasteiger partial charge in [-0.25, -0.2) is 0 Å². The number of hydrogen-bond donors (Lipinski definition) is 2. The van der Waals surface area contributed by atoms with Gasteiger partial charge in [-0.15, -0.1) is 0 Å². The molecule has 0 radical (unpaired) electrons. The lowest BCUT2D eigenvalue weighted by atomic mass is 9.93. The van der Waals surface area contributed by atoms with Crippen LogP contribution in [0.15, 0.2) is 48.5 Å². The van der Waals surface area contributed by atoms with Crippen molar-refractivity contribution in [2.45, 2.75) is 39.2 Å². The van der Waals surface area contributed by atoms with E-state index >= 15 is 0 Å². The molecule has 4 rings (SSSR count). The molecule has 1 atom stereocenters. The van der Waals surface area contributed by atoms with E-state index in [1.54, 1.807) is 12.1 Å². The van der Waals surface area contributed by atoms with E-state index in [9.17, 15) is 9.90 Å². The topological polar surface area (TPSA) is 78.5 Å². The van der Waals surface area contributed by atoms with Crippen molar-refractivity contribution >= 4 is 5.91 Å². The maximum absolute atomic E-state index is 13.3. The standard InChI is InChI=1S/C25H29N3O3/c1-4-31-15-7-14-28-24(18-12-10-17(11-13-18)16(2)3)21-22(26-27-23(21)25(28)30)19-8-5-6-9-20(19)29/h5-6,8-13,16,24,29H,4,7,14-15H2,1-3H3,(H,26,27). The first-order valence-corrected chi connectivity index (χ1v) is 10.9. The molecule has 6 heteroatoms. The second-order valence-electron chi connectivity index (χ2n) is 8.15. The average molecular weight is 420 g/mol. The summed E-state index contributed by atoms with van der Waals surface area (Å²) in [6, 6.07) is 15.3. The van der Waals surface area contributed by atoms with Crippen molar-refractivity contribution in [3.8, 4) is 17.0 Å². The summed E-state index contributed by atoms with van der Waals surface area (Å²) in [5.74, 6) is 0.509. The Morgan fingerprint density at radius 3 is 2.58 bits per heavy atom. The predicted molar refractivity (Wildman–Crippen MR) is 120 cm³/mol. The fourth-order valence-corrected chi connectivity index (χ4v) is 4.20. The molecule has 1 unspecified atom stereocenters. The number of nitrogens with one attached hydrogen (secondary N) is 1. The van der Waals surface area contributed by atoms with E-state index in [2.05, 4.69) is 48.3 Å². The van der Waals surface area contributed by atoms with Crippen LogP contribution in [-0.4, -0.2) is 45.9 Å². The van der Waals surface area contributed by atoms with E-state index in [0.717, 1.165) is 17.5 Å². The fourth-order valence-electron chi connectivity index (χ4n) is 4.20. The molecule has 0 fully saturated rings. The van der Waals surface area contributed by atoms with Crippen LogP contribution in [0.25, 0.3) is 11.3 Å². The number of ether oxygens (including phenoxy) is 1. The van der Waals surface area contributed by atoms with Crippen LogP contribution in [0.5, 0.6) is 5.75 Å². The number of rotatable bonds is 8. The van der Waals surface area contributed by atoms with Crippen LogP contribution in [0, 0.1) is 0 Å². The number of benzene rings is 2. The molecule has 0 spiro atoms. The highest BCUT2D eigenvalue weighted by Gasteiger charge is 2.42. The number of para-hydroxylation sites is 1. The Bertz CT molecular complexity index is 1060. The molecule has 2 aromatic carbocycles. The summed E-state index contributed by atoms with van der Waals surface area (Å²) >= 11 is 0. The molecule has 1 aliphatic heterocycles. The molecular weight excluding hydrogens is 390 g/mol. The van der Waals surface area contributed by atoms with Crippen LogP contribution in [0.1, 0.15) is 66.3 Å². The highest BCUT2D eigenvalue weighted by Crippen LogP contribution is 2.44. The number of nitrogens with zero attached hydrogens (tertiary/aromatic N) is 2. The van der Waals surface area contributed by atoms with Crippen LogP contribution in [-0.2, 0) is 4.74 Å². The summed E-state index contributed by atoms with van der Waals surface area (Å²) in [4.78, 5) is 15.2. The van der Waals surface area contributed by atoms with Crippen molar-refractivity contribution in [1.82, 2.24) is 15.1 Å². The molecule has 0 saturated carbocycles. The Morgan fingerprint density at radius 2 is 1.90 bits per heavy atom. The third-order valence-electron chi connectivity index (χ3n) is 5.83. The summed E-state index contributed by atoms with van der Waals surface area (Å²) in [6.45, 7) is 8.15. The van der Waals surface area contributed by atoms with E-state index in [1.165, 1.54) is 5.56 Å². The van der Waals surface area contributed by atoms with Crippen molar-refractivity contribution in [3.63, 3.8) is 0 Å². The zero-order chi connectivity index (χ0) is 22.0. The number of carbonyl (C=O) groups is 1. The van der Waals surface area contributed by atoms with Gasteiger partial charge in [-0.3, -0.25) is 9.89 Å². The van der Waals surface area contributed by atoms with Crippen molar-refractivity contribution in [2.75, 3.05) is 19.8 Å². The smallest absolute Gasteiger partial charge is 0.273 e. The molecular formula is C25H29N3O3. The average Bonchev–Trinajstić information content (AvgIpc) is 3.31. The molecule has 0 aliphatic carbocycles. The van der Waals surface area contributed by atoms with Crippen LogP contribution in [0.2, 0.25) is 0 Å². The Morgan fingerprint density at radius 1 is 1.16 bits per heavy atom. The van der Waals surface area contributed by atoms with Crippen LogP contribution < -0.4 is 0 Å². The molecule has 2 N–H and O–H groups in total. The van der Waals surface area contributed by atoms with Crippen LogP contribution in [0.4, 0.5) is 0 Å². The minimum absolute atomic E-state index is 0.0707. The number of aromatic amines is 1. The normalized spacial score (nSPS) is 15.7. The number of phenols is 1. The summed E-state index contributed by atoms with van der Waals surface area (Å²) < 4.78 is 5.49. The van der Waals surface area contributed by atoms with Gasteiger partial charge in [0, 0.05) is 30.9 Å². The van der Waals surface area contributed by atoms with Gasteiger partial charge in [-0.1, -0.05) is 50.2 Å². The molecule has 0 saturated heterocycles. The lowest BCUT2D eigenvalue weighted by Crippen LogP contribution is -2.31. The maximum Gasteiger partial charge on any atom is 0.273 e. The molecule has 162 valence electrons. The SMILES string of the molecule is CCOCCCN1C(=O)c2[nH]nc(-c3ccccc3O)c2C1c1ccc(C(C)C)cc1. The number of phenolic OH excluding ortho intramolecular Hbond substituents is 1. The first kappa shape index (κ1) is 21.1. The van der Waals surface area contributed by atoms with Crippen molar-refractivity contribution in [2.24, 2.45) is 0 Å². The summed E-state index contributed by atoms with van der Waals surface area (Å²) in [6.07, 6.45) is 0.754. The lowest BCUT2D eigenvalue weighted by molar-refractivity contribution is 0.0710. The Balaban J connectivity index is 1.77. The Kier molecular flexibility index (Phi) is 6.09. The minimum Gasteiger partial charge on any atom is -0.507 e. The largest absolute Gasteiger partial charge is 0.507 e. The molecule has 1 amide bonds. The first-order chi connectivity index (χ1) is 15.0. The number of aromatic nitrogens is 2. The van der Waals surface area contributed by atoms with Gasteiger partial charge in [0.1, 0.15) is 17.1 Å². The highest BCUT2D eigenvalue weighted by molar-refractivity contribution is 6.00. The number of hydrogen-bond acceptors (Lipinski definition) is 4. The van der Waals surface area contributed by atoms with Gasteiger partial charge in [0.25, 0.3) is 5.91 Å². The number of H-pyrrole nitrogens is 1. The van der Waals surface area contributed by atoms with Gasteiger partial charge >= 0.3 is 0 Å². The summed E-state index contributed by atoms with van der Waals surface area (Å²) in [5.41, 5.74) is 4.84. The molecule has 6 nitrogen and oxygen atoms in total. The monoisotopic (exact) mass is 419 g/mol. The highest BCUT2D eigenvalue weighted by atomic mass is 16.5. The first-order valence-electron chi connectivity index (χ1n) is 10.9. The van der Waals surface area contributed by atoms with Crippen LogP contribution >= 0.6 is 0 Å². The second kappa shape index (κ2) is 8.94. The Labute approximate surface area is 182 Å². The zero-order valence-corrected chi connectivity index (χ0v) is 18.3. The van der Waals surface area contributed by atoms with E-state index in [0.29, 0.717) is 42.6 Å². The number of carbonyl (C=O) groups excluding carboxylic acids is 1. The Hall–Kier alpha value is -3.12. The van der Waals surface area contributed by atoms with Gasteiger partial charge in [0.05, 0.1) is 6.04 Å². The molecule has 1 aromatic heterocycles. The molecule has 3 aromatic rings.